The molecule has 1 aromatic heterocycles. The van der Waals surface area contributed by atoms with Crippen molar-refractivity contribution in [3.63, 3.8) is 0 Å². The lowest BCUT2D eigenvalue weighted by molar-refractivity contribution is 0.0521. The fraction of sp³-hybridized carbons (Fsp3) is 0.571. The van der Waals surface area contributed by atoms with Gasteiger partial charge in [0.25, 0.3) is 5.91 Å². The first-order valence-electron chi connectivity index (χ1n) is 6.94. The minimum atomic E-state index is -0.302. The van der Waals surface area contributed by atoms with E-state index in [1.54, 1.807) is 12.1 Å². The number of hydrogen-bond acceptors (Lipinski definition) is 5. The number of anilines is 1. The number of carbonyl (C=O) groups excluding carboxylic acids is 1. The van der Waals surface area contributed by atoms with E-state index in [1.165, 1.54) is 0 Å². The molecule has 1 aromatic rings. The summed E-state index contributed by atoms with van der Waals surface area (Å²) in [6.45, 7) is 5.01. The zero-order valence-electron chi connectivity index (χ0n) is 12.0. The average Bonchev–Trinajstić information content (AvgIpc) is 2.45. The van der Waals surface area contributed by atoms with Crippen LogP contribution in [0.2, 0.25) is 0 Å². The maximum Gasteiger partial charge on any atom is 0.254 e. The molecule has 1 saturated heterocycles. The topological polar surface area (TPSA) is 91.5 Å². The van der Waals surface area contributed by atoms with Gasteiger partial charge in [0.2, 0.25) is 0 Å². The molecule has 0 spiro atoms. The largest absolute Gasteiger partial charge is 0.393 e. The summed E-state index contributed by atoms with van der Waals surface area (Å²) in [5.41, 5.74) is 3.82. The van der Waals surface area contributed by atoms with Crippen LogP contribution in [0.5, 0.6) is 0 Å². The number of nitrogens with one attached hydrogen (secondary N) is 1. The monoisotopic (exact) mass is 278 g/mol. The van der Waals surface area contributed by atoms with E-state index in [0.717, 1.165) is 18.5 Å². The number of hydrazine groups is 1. The van der Waals surface area contributed by atoms with Crippen molar-refractivity contribution in [1.29, 1.82) is 0 Å². The lowest BCUT2D eigenvalue weighted by Gasteiger charge is -2.33. The van der Waals surface area contributed by atoms with Gasteiger partial charge in [-0.3, -0.25) is 4.79 Å². The molecule has 2 heterocycles. The first-order chi connectivity index (χ1) is 9.51. The molecule has 0 bridgehead atoms. The molecule has 0 saturated carbocycles. The number of pyridine rings is 1. The predicted molar refractivity (Wildman–Crippen MR) is 77.1 cm³/mol. The summed E-state index contributed by atoms with van der Waals surface area (Å²) in [4.78, 5) is 18.5. The van der Waals surface area contributed by atoms with Gasteiger partial charge >= 0.3 is 0 Å². The first kappa shape index (κ1) is 14.7. The van der Waals surface area contributed by atoms with Crippen molar-refractivity contribution in [3.8, 4) is 0 Å². The molecule has 1 atom stereocenters. The summed E-state index contributed by atoms with van der Waals surface area (Å²) >= 11 is 0. The Hall–Kier alpha value is -1.66. The van der Waals surface area contributed by atoms with Crippen molar-refractivity contribution in [2.24, 2.45) is 11.8 Å². The summed E-state index contributed by atoms with van der Waals surface area (Å²) in [6, 6.07) is 3.43. The summed E-state index contributed by atoms with van der Waals surface area (Å²) < 4.78 is 0. The van der Waals surface area contributed by atoms with Crippen LogP contribution in [-0.4, -0.2) is 40.1 Å². The maximum absolute atomic E-state index is 12.5. The minimum absolute atomic E-state index is 0.00366. The van der Waals surface area contributed by atoms with E-state index in [1.807, 2.05) is 18.7 Å². The fourth-order valence-electron chi connectivity index (χ4n) is 2.63. The molecule has 2 rings (SSSR count). The normalized spacial score (nSPS) is 17.9. The third-order valence-corrected chi connectivity index (χ3v) is 3.86. The van der Waals surface area contributed by atoms with Crippen molar-refractivity contribution in [1.82, 2.24) is 9.88 Å². The van der Waals surface area contributed by atoms with E-state index in [2.05, 4.69) is 10.4 Å². The van der Waals surface area contributed by atoms with E-state index in [9.17, 15) is 9.90 Å². The van der Waals surface area contributed by atoms with Gasteiger partial charge in [0, 0.05) is 24.3 Å². The van der Waals surface area contributed by atoms with E-state index >= 15 is 0 Å². The molecule has 1 aliphatic heterocycles. The molecule has 6 heteroatoms. The Bertz CT molecular complexity index is 482. The zero-order chi connectivity index (χ0) is 14.7. The Balaban J connectivity index is 2.07. The highest BCUT2D eigenvalue weighted by atomic mass is 16.3. The van der Waals surface area contributed by atoms with Crippen LogP contribution < -0.4 is 11.3 Å². The molecule has 20 heavy (non-hydrogen) atoms. The quantitative estimate of drug-likeness (QED) is 0.564. The van der Waals surface area contributed by atoms with Crippen molar-refractivity contribution in [2.45, 2.75) is 32.8 Å². The van der Waals surface area contributed by atoms with Crippen LogP contribution in [0.15, 0.2) is 12.1 Å². The number of aromatic nitrogens is 1. The van der Waals surface area contributed by atoms with Crippen molar-refractivity contribution >= 4 is 11.7 Å². The van der Waals surface area contributed by atoms with Gasteiger partial charge in [0.05, 0.1) is 6.10 Å². The number of nitrogen functional groups attached to an aromatic ring is 1. The summed E-state index contributed by atoms with van der Waals surface area (Å²) in [6.07, 6.45) is 1.38. The smallest absolute Gasteiger partial charge is 0.254 e. The van der Waals surface area contributed by atoms with Gasteiger partial charge in [-0.15, -0.1) is 0 Å². The van der Waals surface area contributed by atoms with Gasteiger partial charge in [0.15, 0.2) is 0 Å². The molecule has 1 unspecified atom stereocenters. The summed E-state index contributed by atoms with van der Waals surface area (Å²) in [7, 11) is 0. The highest BCUT2D eigenvalue weighted by Gasteiger charge is 2.26. The van der Waals surface area contributed by atoms with Crippen LogP contribution >= 0.6 is 0 Å². The highest BCUT2D eigenvalue weighted by Crippen LogP contribution is 2.22. The molecule has 6 nitrogen and oxygen atoms in total. The number of nitrogens with two attached hydrogens (primary N) is 1. The van der Waals surface area contributed by atoms with Gasteiger partial charge in [-0.05, 0) is 44.7 Å². The van der Waals surface area contributed by atoms with Crippen LogP contribution in [0.4, 0.5) is 5.82 Å². The minimum Gasteiger partial charge on any atom is -0.393 e. The number of amides is 1. The van der Waals surface area contributed by atoms with Crippen LogP contribution in [0, 0.1) is 12.8 Å². The van der Waals surface area contributed by atoms with Gasteiger partial charge < -0.3 is 15.4 Å². The highest BCUT2D eigenvalue weighted by molar-refractivity contribution is 5.95. The average molecular weight is 278 g/mol. The number of rotatable bonds is 3. The second kappa shape index (κ2) is 6.19. The number of aliphatic hydroxyl groups is 1. The molecule has 1 aliphatic rings. The first-order valence-corrected chi connectivity index (χ1v) is 6.94. The third-order valence-electron chi connectivity index (χ3n) is 3.86. The lowest BCUT2D eigenvalue weighted by atomic mass is 9.92. The Morgan fingerprint density at radius 1 is 1.50 bits per heavy atom. The maximum atomic E-state index is 12.5. The number of likely N-dealkylation sites (tertiary alicyclic amines) is 1. The molecule has 4 N–H and O–H groups in total. The molecule has 1 fully saturated rings. The van der Waals surface area contributed by atoms with Gasteiger partial charge in [-0.25, -0.2) is 10.8 Å². The fourth-order valence-corrected chi connectivity index (χ4v) is 2.63. The third kappa shape index (κ3) is 3.26. The summed E-state index contributed by atoms with van der Waals surface area (Å²) in [5.74, 6) is 6.13. The van der Waals surface area contributed by atoms with Crippen LogP contribution in [0.25, 0.3) is 0 Å². The van der Waals surface area contributed by atoms with E-state index in [0.29, 0.717) is 30.4 Å². The number of aryl methyl sites for hydroxylation is 1. The van der Waals surface area contributed by atoms with Gasteiger partial charge in [-0.2, -0.15) is 0 Å². The van der Waals surface area contributed by atoms with E-state index in [4.69, 9.17) is 5.84 Å². The Morgan fingerprint density at radius 3 is 2.70 bits per heavy atom. The second-order valence-electron chi connectivity index (χ2n) is 5.40. The molecule has 1 amide bonds. The molecule has 0 aliphatic carbocycles. The Kier molecular flexibility index (Phi) is 4.57. The van der Waals surface area contributed by atoms with Gasteiger partial charge in [0.1, 0.15) is 5.82 Å². The number of piperidine rings is 1. The van der Waals surface area contributed by atoms with Crippen LogP contribution in [0.1, 0.15) is 35.8 Å². The number of carbonyl (C=O) groups is 1. The molecule has 0 aromatic carbocycles. The Morgan fingerprint density at radius 2 is 2.15 bits per heavy atom. The number of nitrogens with zero attached hydrogens (tertiary/aromatic N) is 2. The predicted octanol–water partition coefficient (Wildman–Crippen LogP) is 0.909. The second-order valence-corrected chi connectivity index (χ2v) is 5.40. The Labute approximate surface area is 119 Å². The molecular formula is C14H22N4O2. The standard InChI is InChI=1S/C14H22N4O2/c1-9-7-12(8-13(16-9)17-15)14(20)18-5-3-11(4-6-18)10(2)19/h7-8,10-11,19H,3-6,15H2,1-2H3,(H,16,17). The zero-order valence-corrected chi connectivity index (χ0v) is 12.0. The van der Waals surface area contributed by atoms with Crippen molar-refractivity contribution in [3.05, 3.63) is 23.4 Å². The lowest BCUT2D eigenvalue weighted by Crippen LogP contribution is -2.40. The summed E-state index contributed by atoms with van der Waals surface area (Å²) in [5, 5.41) is 9.59. The molecular weight excluding hydrogens is 256 g/mol. The van der Waals surface area contributed by atoms with Crippen LogP contribution in [-0.2, 0) is 0 Å². The molecule has 110 valence electrons. The van der Waals surface area contributed by atoms with Crippen LogP contribution in [0.3, 0.4) is 0 Å². The number of hydrogen-bond donors (Lipinski definition) is 3. The van der Waals surface area contributed by atoms with Gasteiger partial charge in [-0.1, -0.05) is 0 Å². The van der Waals surface area contributed by atoms with E-state index in [-0.39, 0.29) is 12.0 Å². The van der Waals surface area contributed by atoms with Crippen molar-refractivity contribution < 1.29 is 9.90 Å². The van der Waals surface area contributed by atoms with E-state index < -0.39 is 0 Å². The van der Waals surface area contributed by atoms with Crippen molar-refractivity contribution in [2.75, 3.05) is 18.5 Å². The molecule has 0 radical (unpaired) electrons. The number of aliphatic hydroxyl groups excluding tert-OH is 1. The SMILES string of the molecule is Cc1cc(C(=O)N2CCC(C(C)O)CC2)cc(NN)n1.